The van der Waals surface area contributed by atoms with Crippen molar-refractivity contribution in [3.05, 3.63) is 57.3 Å². The summed E-state index contributed by atoms with van der Waals surface area (Å²) in [5.74, 6) is 0.193. The molecular formula is C18H21NO2S. The van der Waals surface area contributed by atoms with Gasteiger partial charge in [-0.2, -0.15) is 0 Å². The lowest BCUT2D eigenvalue weighted by Gasteiger charge is -2.21. The summed E-state index contributed by atoms with van der Waals surface area (Å²) in [4.78, 5) is 13.8. The van der Waals surface area contributed by atoms with Crippen LogP contribution in [0.5, 0.6) is 0 Å². The molecule has 22 heavy (non-hydrogen) atoms. The van der Waals surface area contributed by atoms with Crippen molar-refractivity contribution >= 4 is 17.2 Å². The average molecular weight is 315 g/mol. The number of fused-ring (bicyclic) bond motifs is 1. The number of carbonyl (C=O) groups excluding carboxylic acids is 1. The number of hydrogen-bond donors (Lipinski definition) is 2. The Morgan fingerprint density at radius 2 is 2.00 bits per heavy atom. The second-order valence-corrected chi connectivity index (χ2v) is 6.76. The first kappa shape index (κ1) is 15.3. The SMILES string of the molecule is O=C(NCCc1ccc(CO)cc1)C1CCCc2sccc21. The highest BCUT2D eigenvalue weighted by Crippen LogP contribution is 2.34. The van der Waals surface area contributed by atoms with Crippen molar-refractivity contribution in [1.82, 2.24) is 5.32 Å². The standard InChI is InChI=1S/C18H21NO2S/c20-12-14-6-4-13(5-7-14)8-10-19-18(21)16-2-1-3-17-15(16)9-11-22-17/h4-7,9,11,16,20H,1-3,8,10,12H2,(H,19,21). The second kappa shape index (κ2) is 7.07. The van der Waals surface area contributed by atoms with E-state index in [1.54, 1.807) is 11.3 Å². The fourth-order valence-corrected chi connectivity index (χ4v) is 4.01. The van der Waals surface area contributed by atoms with Crippen LogP contribution in [-0.2, 0) is 24.2 Å². The smallest absolute Gasteiger partial charge is 0.227 e. The van der Waals surface area contributed by atoms with Crippen LogP contribution in [0.25, 0.3) is 0 Å². The summed E-state index contributed by atoms with van der Waals surface area (Å²) in [5.41, 5.74) is 3.33. The summed E-state index contributed by atoms with van der Waals surface area (Å²) in [6.45, 7) is 0.731. The Morgan fingerprint density at radius 1 is 1.23 bits per heavy atom. The van der Waals surface area contributed by atoms with Gasteiger partial charge in [-0.05, 0) is 53.8 Å². The van der Waals surface area contributed by atoms with Crippen LogP contribution in [0.1, 0.15) is 40.3 Å². The summed E-state index contributed by atoms with van der Waals surface area (Å²) in [6.07, 6.45) is 4.00. The number of hydrogen-bond acceptors (Lipinski definition) is 3. The first-order valence-electron chi connectivity index (χ1n) is 7.80. The van der Waals surface area contributed by atoms with Gasteiger partial charge in [0.2, 0.25) is 5.91 Å². The van der Waals surface area contributed by atoms with Crippen molar-refractivity contribution in [1.29, 1.82) is 0 Å². The minimum Gasteiger partial charge on any atom is -0.392 e. The average Bonchev–Trinajstić information content (AvgIpc) is 3.04. The van der Waals surface area contributed by atoms with E-state index in [0.717, 1.165) is 31.2 Å². The molecule has 1 atom stereocenters. The number of nitrogens with one attached hydrogen (secondary N) is 1. The van der Waals surface area contributed by atoms with Crippen molar-refractivity contribution in [2.75, 3.05) is 6.54 Å². The topological polar surface area (TPSA) is 49.3 Å². The quantitative estimate of drug-likeness (QED) is 0.891. The lowest BCUT2D eigenvalue weighted by atomic mass is 9.87. The van der Waals surface area contributed by atoms with Crippen LogP contribution in [0.15, 0.2) is 35.7 Å². The summed E-state index contributed by atoms with van der Waals surface area (Å²) >= 11 is 1.77. The highest BCUT2D eigenvalue weighted by molar-refractivity contribution is 7.10. The largest absolute Gasteiger partial charge is 0.392 e. The number of rotatable bonds is 5. The van der Waals surface area contributed by atoms with E-state index in [9.17, 15) is 4.79 Å². The predicted molar refractivity (Wildman–Crippen MR) is 89.1 cm³/mol. The number of aryl methyl sites for hydroxylation is 1. The Morgan fingerprint density at radius 3 is 2.77 bits per heavy atom. The molecule has 0 saturated carbocycles. The van der Waals surface area contributed by atoms with Gasteiger partial charge in [0, 0.05) is 11.4 Å². The number of benzene rings is 1. The zero-order valence-electron chi connectivity index (χ0n) is 12.5. The number of aliphatic hydroxyl groups excluding tert-OH is 1. The monoisotopic (exact) mass is 315 g/mol. The molecule has 4 heteroatoms. The first-order chi connectivity index (χ1) is 10.8. The molecule has 0 fully saturated rings. The normalized spacial score (nSPS) is 17.0. The summed E-state index contributed by atoms with van der Waals surface area (Å²) in [7, 11) is 0. The van der Waals surface area contributed by atoms with Gasteiger partial charge in [-0.25, -0.2) is 0 Å². The third kappa shape index (κ3) is 3.39. The molecule has 1 amide bonds. The number of thiophene rings is 1. The Kier molecular flexibility index (Phi) is 4.90. The van der Waals surface area contributed by atoms with Gasteiger partial charge in [-0.15, -0.1) is 11.3 Å². The first-order valence-corrected chi connectivity index (χ1v) is 8.68. The molecule has 0 radical (unpaired) electrons. The van der Waals surface area contributed by atoms with E-state index >= 15 is 0 Å². The fourth-order valence-electron chi connectivity index (χ4n) is 3.02. The molecular weight excluding hydrogens is 294 g/mol. The van der Waals surface area contributed by atoms with Crippen molar-refractivity contribution in [3.8, 4) is 0 Å². The van der Waals surface area contributed by atoms with Gasteiger partial charge in [0.25, 0.3) is 0 Å². The van der Waals surface area contributed by atoms with E-state index < -0.39 is 0 Å². The molecule has 1 unspecified atom stereocenters. The van der Waals surface area contributed by atoms with E-state index in [4.69, 9.17) is 5.11 Å². The van der Waals surface area contributed by atoms with E-state index in [2.05, 4.69) is 16.8 Å². The van der Waals surface area contributed by atoms with Crippen LogP contribution in [-0.4, -0.2) is 17.6 Å². The van der Waals surface area contributed by atoms with Gasteiger partial charge in [-0.1, -0.05) is 24.3 Å². The highest BCUT2D eigenvalue weighted by Gasteiger charge is 2.26. The molecule has 1 aromatic carbocycles. The summed E-state index contributed by atoms with van der Waals surface area (Å²) in [5, 5.41) is 14.2. The van der Waals surface area contributed by atoms with E-state index in [0.29, 0.717) is 6.54 Å². The Balaban J connectivity index is 1.53. The molecule has 2 N–H and O–H groups in total. The van der Waals surface area contributed by atoms with Gasteiger partial charge < -0.3 is 10.4 Å². The van der Waals surface area contributed by atoms with Crippen LogP contribution in [0.3, 0.4) is 0 Å². The maximum absolute atomic E-state index is 12.4. The molecule has 1 aliphatic carbocycles. The van der Waals surface area contributed by atoms with Crippen LogP contribution >= 0.6 is 11.3 Å². The fraction of sp³-hybridized carbons (Fsp3) is 0.389. The van der Waals surface area contributed by atoms with Gasteiger partial charge in [0.15, 0.2) is 0 Å². The van der Waals surface area contributed by atoms with Crippen molar-refractivity contribution in [3.63, 3.8) is 0 Å². The van der Waals surface area contributed by atoms with Crippen LogP contribution in [0.4, 0.5) is 0 Å². The molecule has 116 valence electrons. The van der Waals surface area contributed by atoms with Crippen LogP contribution in [0, 0.1) is 0 Å². The maximum atomic E-state index is 12.4. The molecule has 1 heterocycles. The Hall–Kier alpha value is -1.65. The zero-order valence-corrected chi connectivity index (χ0v) is 13.4. The lowest BCUT2D eigenvalue weighted by Crippen LogP contribution is -2.32. The zero-order chi connectivity index (χ0) is 15.4. The number of carbonyl (C=O) groups is 1. The van der Waals surface area contributed by atoms with Crippen LogP contribution in [0.2, 0.25) is 0 Å². The predicted octanol–water partition coefficient (Wildman–Crippen LogP) is 3.02. The number of amides is 1. The second-order valence-electron chi connectivity index (χ2n) is 5.76. The molecule has 1 aromatic heterocycles. The van der Waals surface area contributed by atoms with Crippen molar-refractivity contribution < 1.29 is 9.90 Å². The number of aliphatic hydroxyl groups is 1. The van der Waals surface area contributed by atoms with E-state index in [1.165, 1.54) is 16.0 Å². The van der Waals surface area contributed by atoms with Gasteiger partial charge in [0.05, 0.1) is 12.5 Å². The Bertz CT molecular complexity index is 633. The molecule has 3 nitrogen and oxygen atoms in total. The lowest BCUT2D eigenvalue weighted by molar-refractivity contribution is -0.122. The third-order valence-corrected chi connectivity index (χ3v) is 5.28. The molecule has 3 rings (SSSR count). The minimum atomic E-state index is 0.0340. The summed E-state index contributed by atoms with van der Waals surface area (Å²) in [6, 6.07) is 9.98. The molecule has 2 aromatic rings. The van der Waals surface area contributed by atoms with Crippen LogP contribution < -0.4 is 5.32 Å². The molecule has 0 aliphatic heterocycles. The van der Waals surface area contributed by atoms with Gasteiger partial charge in [0.1, 0.15) is 0 Å². The Labute approximate surface area is 135 Å². The molecule has 0 saturated heterocycles. The highest BCUT2D eigenvalue weighted by atomic mass is 32.1. The van der Waals surface area contributed by atoms with Crippen molar-refractivity contribution in [2.45, 2.75) is 38.2 Å². The van der Waals surface area contributed by atoms with Crippen molar-refractivity contribution in [2.24, 2.45) is 0 Å². The van der Waals surface area contributed by atoms with E-state index in [-0.39, 0.29) is 18.4 Å². The summed E-state index contributed by atoms with van der Waals surface area (Å²) < 4.78 is 0. The molecule has 0 spiro atoms. The maximum Gasteiger partial charge on any atom is 0.227 e. The molecule has 1 aliphatic rings. The van der Waals surface area contributed by atoms with Gasteiger partial charge >= 0.3 is 0 Å². The third-order valence-electron chi connectivity index (χ3n) is 4.29. The minimum absolute atomic E-state index is 0.0340. The molecule has 0 bridgehead atoms. The van der Waals surface area contributed by atoms with E-state index in [1.807, 2.05) is 24.3 Å². The van der Waals surface area contributed by atoms with Gasteiger partial charge in [-0.3, -0.25) is 4.79 Å².